The molecule has 1 rings (SSSR count). The molecule has 4 nitrogen and oxygen atoms in total. The van der Waals surface area contributed by atoms with E-state index >= 15 is 0 Å². The summed E-state index contributed by atoms with van der Waals surface area (Å²) in [6, 6.07) is 0. The average Bonchev–Trinajstić information content (AvgIpc) is 2.79. The minimum absolute atomic E-state index is 0.0736. The van der Waals surface area contributed by atoms with Crippen LogP contribution in [0.15, 0.2) is 0 Å². The quantitative estimate of drug-likeness (QED) is 0.0809. The molecule has 3 unspecified atom stereocenters. The number of carbonyl (C=O) groups excluding carboxylic acids is 1. The van der Waals surface area contributed by atoms with E-state index in [1.54, 1.807) is 28.6 Å². The van der Waals surface area contributed by atoms with Gasteiger partial charge in [-0.2, -0.15) is 0 Å². The van der Waals surface area contributed by atoms with Gasteiger partial charge in [0, 0.05) is 0 Å². The number of rotatable bonds is 17. The molecule has 0 saturated carbocycles. The molecule has 194 valence electrons. The Bertz CT molecular complexity index is 461. The first-order valence-electron chi connectivity index (χ1n) is 13.7. The zero-order chi connectivity index (χ0) is 24.7. The Labute approximate surface area is 220 Å². The third-order valence-electron chi connectivity index (χ3n) is 6.00. The van der Waals surface area contributed by atoms with Crippen molar-refractivity contribution in [3.05, 3.63) is 0 Å². The van der Waals surface area contributed by atoms with Crippen LogP contribution in [-0.4, -0.2) is 55.6 Å². The van der Waals surface area contributed by atoms with Crippen LogP contribution in [0.1, 0.15) is 130 Å². The van der Waals surface area contributed by atoms with Crippen LogP contribution in [0.3, 0.4) is 0 Å². The van der Waals surface area contributed by atoms with E-state index in [2.05, 4.69) is 20.8 Å². The number of carbonyl (C=O) groups is 1. The molecule has 1 N–H and O–H groups in total. The summed E-state index contributed by atoms with van der Waals surface area (Å²) in [4.78, 5) is 11.3. The van der Waals surface area contributed by atoms with Crippen molar-refractivity contribution >= 4 is 44.4 Å². The normalized spacial score (nSPS) is 20.8. The van der Waals surface area contributed by atoms with Crippen molar-refractivity contribution in [3.63, 3.8) is 0 Å². The van der Waals surface area contributed by atoms with E-state index in [1.165, 1.54) is 64.2 Å². The Morgan fingerprint density at radius 2 is 1.30 bits per heavy atom. The van der Waals surface area contributed by atoms with Gasteiger partial charge in [0.05, 0.1) is 6.42 Å². The van der Waals surface area contributed by atoms with Crippen molar-refractivity contribution in [2.45, 2.75) is 158 Å². The molecule has 0 aliphatic carbocycles. The molecule has 1 aliphatic heterocycles. The van der Waals surface area contributed by atoms with Crippen LogP contribution in [0.5, 0.6) is 0 Å². The van der Waals surface area contributed by atoms with Crippen LogP contribution >= 0.6 is 12.2 Å². The first-order valence-corrected chi connectivity index (χ1v) is 18.2. The second kappa shape index (κ2) is 23.8. The summed E-state index contributed by atoms with van der Waals surface area (Å²) < 4.78 is 13.9. The van der Waals surface area contributed by atoms with Gasteiger partial charge in [-0.05, 0) is 32.0 Å². The third kappa shape index (κ3) is 20.1. The molecule has 1 saturated heterocycles. The second-order valence-corrected chi connectivity index (χ2v) is 14.0. The molecule has 3 atom stereocenters. The van der Waals surface area contributed by atoms with Crippen LogP contribution in [0.2, 0.25) is 8.87 Å². The fraction of sp³-hybridized carbons (Fsp3) is 0.926. The number of thiocarbonyl (C=S) groups is 1. The topological polar surface area (TPSA) is 55.8 Å². The van der Waals surface area contributed by atoms with E-state index in [0.29, 0.717) is 0 Å². The molecule has 0 bridgehead atoms. The van der Waals surface area contributed by atoms with E-state index in [4.69, 9.17) is 21.7 Å². The summed E-state index contributed by atoms with van der Waals surface area (Å²) in [5.41, 5.74) is 0. The Morgan fingerprint density at radius 3 is 1.82 bits per heavy atom. The van der Waals surface area contributed by atoms with Gasteiger partial charge in [0.15, 0.2) is 5.05 Å². The number of aliphatic hydroxyl groups is 1. The molecule has 1 fully saturated rings. The minimum atomic E-state index is -1.03. The summed E-state index contributed by atoms with van der Waals surface area (Å²) in [6.07, 6.45) is 18.9. The molecule has 0 spiro atoms. The van der Waals surface area contributed by atoms with Crippen molar-refractivity contribution in [2.75, 3.05) is 0 Å². The van der Waals surface area contributed by atoms with Gasteiger partial charge in [-0.25, -0.2) is 0 Å². The number of hydrogen-bond donors (Lipinski definition) is 1. The van der Waals surface area contributed by atoms with Crippen LogP contribution < -0.4 is 0 Å². The van der Waals surface area contributed by atoms with Crippen molar-refractivity contribution in [2.24, 2.45) is 0 Å². The van der Waals surface area contributed by atoms with Crippen molar-refractivity contribution in [1.82, 2.24) is 0 Å². The Morgan fingerprint density at radius 1 is 0.818 bits per heavy atom. The molecule has 33 heavy (non-hydrogen) atoms. The number of cyclic esters (lactones) is 1. The fourth-order valence-corrected chi connectivity index (χ4v) is 7.56. The number of esters is 1. The number of aliphatic hydroxyl groups excluding tert-OH is 1. The average molecular weight is 591 g/mol. The summed E-state index contributed by atoms with van der Waals surface area (Å²) in [5, 5.41) is 9.62. The summed E-state index contributed by atoms with van der Waals surface area (Å²) >= 11 is 5.00. The van der Waals surface area contributed by atoms with E-state index in [0.717, 1.165) is 19.3 Å². The van der Waals surface area contributed by atoms with E-state index in [9.17, 15) is 9.90 Å². The van der Waals surface area contributed by atoms with Gasteiger partial charge in [0.1, 0.15) is 18.3 Å². The Kier molecular flexibility index (Phi) is 23.9. The van der Waals surface area contributed by atoms with Crippen molar-refractivity contribution < 1.29 is 19.4 Å². The first-order chi connectivity index (χ1) is 16.0. The van der Waals surface area contributed by atoms with Crippen molar-refractivity contribution in [1.29, 1.82) is 0 Å². The van der Waals surface area contributed by atoms with Gasteiger partial charge >= 0.3 is 127 Å². The predicted octanol–water partition coefficient (Wildman–Crippen LogP) is 7.83. The van der Waals surface area contributed by atoms with Gasteiger partial charge in [-0.1, -0.05) is 13.3 Å². The molecule has 0 amide bonds. The molecule has 0 aromatic carbocycles. The SMILES string of the molecule is CCCCC1OC(=S)C(O)CC(=O)OC1C.CCCCCCC[CH2][Sn][CH2]CCCCCCC. The molecule has 0 aromatic heterocycles. The number of ether oxygens (including phenoxy) is 2. The summed E-state index contributed by atoms with van der Waals surface area (Å²) in [6.45, 7) is 8.47. The first kappa shape index (κ1) is 33.1. The number of hydrogen-bond acceptors (Lipinski definition) is 5. The molecule has 6 heteroatoms. The van der Waals surface area contributed by atoms with Crippen LogP contribution in [-0.2, 0) is 14.3 Å². The predicted molar refractivity (Wildman–Crippen MR) is 145 cm³/mol. The van der Waals surface area contributed by atoms with Gasteiger partial charge in [0.25, 0.3) is 0 Å². The van der Waals surface area contributed by atoms with Gasteiger partial charge in [-0.3, -0.25) is 4.79 Å². The van der Waals surface area contributed by atoms with Gasteiger partial charge in [-0.15, -0.1) is 0 Å². The second-order valence-electron chi connectivity index (χ2n) is 9.32. The van der Waals surface area contributed by atoms with Gasteiger partial charge < -0.3 is 14.6 Å². The van der Waals surface area contributed by atoms with Crippen molar-refractivity contribution in [3.8, 4) is 0 Å². The Hall–Kier alpha value is 0.119. The van der Waals surface area contributed by atoms with E-state index in [-0.39, 0.29) is 44.8 Å². The summed E-state index contributed by atoms with van der Waals surface area (Å²) in [5.74, 6) is -0.424. The molecule has 1 aliphatic rings. The molecule has 0 aromatic rings. The standard InChI is InChI=1S/C11H18O4S.2C8H17.Sn/c1-3-4-5-9-7(2)14-10(13)6-8(12)11(16)15-9;2*1-3-5-7-8-6-4-2;/h7-9,12H,3-6H2,1-2H3;2*1,3-8H2,2H3;. The molecular formula is C27H52O4SSn. The monoisotopic (exact) mass is 592 g/mol. The maximum atomic E-state index is 11.3. The zero-order valence-electron chi connectivity index (χ0n) is 22.0. The van der Waals surface area contributed by atoms with E-state index < -0.39 is 12.1 Å². The molecule has 2 radical (unpaired) electrons. The van der Waals surface area contributed by atoms with Crippen LogP contribution in [0, 0.1) is 0 Å². The maximum absolute atomic E-state index is 11.3. The molecule has 1 heterocycles. The fourth-order valence-electron chi connectivity index (χ4n) is 3.78. The van der Waals surface area contributed by atoms with Gasteiger partial charge in [0.2, 0.25) is 0 Å². The van der Waals surface area contributed by atoms with Crippen LogP contribution in [0.25, 0.3) is 0 Å². The molecular weight excluding hydrogens is 539 g/mol. The number of unbranched alkanes of at least 4 members (excludes halogenated alkanes) is 11. The summed E-state index contributed by atoms with van der Waals surface area (Å²) in [7, 11) is 0. The van der Waals surface area contributed by atoms with E-state index in [1.807, 2.05) is 0 Å². The zero-order valence-corrected chi connectivity index (χ0v) is 25.7. The van der Waals surface area contributed by atoms with Crippen LogP contribution in [0.4, 0.5) is 0 Å². The third-order valence-corrected chi connectivity index (χ3v) is 10.4. The Balaban J connectivity index is 0.000000621.